The van der Waals surface area contributed by atoms with E-state index in [1.807, 2.05) is 42.5 Å². The van der Waals surface area contributed by atoms with Crippen LogP contribution < -0.4 is 0 Å². The molecule has 5 nitrogen and oxygen atoms in total. The van der Waals surface area contributed by atoms with E-state index in [-0.39, 0.29) is 32.1 Å². The van der Waals surface area contributed by atoms with Crippen LogP contribution in [0.5, 0.6) is 0 Å². The third kappa shape index (κ3) is 4.56. The summed E-state index contributed by atoms with van der Waals surface area (Å²) >= 11 is 0. The Balaban J connectivity index is 1.48. The molecule has 0 spiro atoms. The molecule has 0 aromatic heterocycles. The second kappa shape index (κ2) is 9.18. The van der Waals surface area contributed by atoms with Gasteiger partial charge < -0.3 is 4.90 Å². The van der Waals surface area contributed by atoms with Gasteiger partial charge in [0.2, 0.25) is 10.0 Å². The number of benzene rings is 3. The summed E-state index contributed by atoms with van der Waals surface area (Å²) in [5.41, 5.74) is 2.55. The summed E-state index contributed by atoms with van der Waals surface area (Å²) in [6, 6.07) is 19.5. The lowest BCUT2D eigenvalue weighted by atomic mass is 9.99. The second-order valence-corrected chi connectivity index (χ2v) is 9.50. The molecule has 0 atom stereocenters. The van der Waals surface area contributed by atoms with Crippen molar-refractivity contribution >= 4 is 15.9 Å². The number of sulfonamides is 1. The van der Waals surface area contributed by atoms with Gasteiger partial charge in [-0.2, -0.15) is 4.31 Å². The van der Waals surface area contributed by atoms with Crippen LogP contribution in [0.3, 0.4) is 0 Å². The molecule has 1 amide bonds. The lowest BCUT2D eigenvalue weighted by molar-refractivity contribution is 0.0696. The molecule has 32 heavy (non-hydrogen) atoms. The van der Waals surface area contributed by atoms with Gasteiger partial charge in [0.1, 0.15) is 16.5 Å². The zero-order valence-electron chi connectivity index (χ0n) is 17.2. The minimum atomic E-state index is -4.20. The van der Waals surface area contributed by atoms with E-state index in [0.717, 1.165) is 27.6 Å². The van der Waals surface area contributed by atoms with E-state index in [2.05, 4.69) is 0 Å². The number of carbonyl (C=O) groups is 1. The molecule has 0 N–H and O–H groups in total. The summed E-state index contributed by atoms with van der Waals surface area (Å²) in [4.78, 5) is 14.1. The first-order valence-electron chi connectivity index (χ1n) is 10.2. The number of hydrogen-bond acceptors (Lipinski definition) is 3. The van der Waals surface area contributed by atoms with Crippen LogP contribution in [0, 0.1) is 11.6 Å². The van der Waals surface area contributed by atoms with Gasteiger partial charge in [-0.15, -0.1) is 0 Å². The normalized spacial score (nSPS) is 15.0. The van der Waals surface area contributed by atoms with E-state index in [9.17, 15) is 22.0 Å². The monoisotopic (exact) mass is 456 g/mol. The van der Waals surface area contributed by atoms with Crippen LogP contribution in [0.15, 0.2) is 77.7 Å². The number of carbonyl (C=O) groups excluding carboxylic acids is 1. The fraction of sp³-hybridized carbons (Fsp3) is 0.208. The Kier molecular flexibility index (Phi) is 6.34. The van der Waals surface area contributed by atoms with Crippen molar-refractivity contribution in [1.82, 2.24) is 9.21 Å². The highest BCUT2D eigenvalue weighted by Gasteiger charge is 2.32. The Hall–Kier alpha value is -3.10. The summed E-state index contributed by atoms with van der Waals surface area (Å²) < 4.78 is 54.2. The summed E-state index contributed by atoms with van der Waals surface area (Å²) in [6.07, 6.45) is 0.607. The fourth-order valence-corrected chi connectivity index (χ4v) is 5.31. The number of amides is 1. The Morgan fingerprint density at radius 2 is 1.50 bits per heavy atom. The smallest absolute Gasteiger partial charge is 0.254 e. The highest BCUT2D eigenvalue weighted by atomic mass is 32.2. The van der Waals surface area contributed by atoms with Gasteiger partial charge >= 0.3 is 0 Å². The number of nitrogens with zero attached hydrogens (tertiary/aromatic N) is 2. The van der Waals surface area contributed by atoms with Crippen LogP contribution in [0.2, 0.25) is 0 Å². The first kappa shape index (κ1) is 22.1. The lowest BCUT2D eigenvalue weighted by Crippen LogP contribution is -2.50. The van der Waals surface area contributed by atoms with Crippen molar-refractivity contribution in [3.05, 3.63) is 101 Å². The largest absolute Gasteiger partial charge is 0.336 e. The molecular weight excluding hydrogens is 434 g/mol. The third-order valence-electron chi connectivity index (χ3n) is 5.52. The summed E-state index contributed by atoms with van der Waals surface area (Å²) in [7, 11) is -4.20. The third-order valence-corrected chi connectivity index (χ3v) is 7.44. The van der Waals surface area contributed by atoms with E-state index in [4.69, 9.17) is 0 Å². The van der Waals surface area contributed by atoms with Crippen LogP contribution in [0.1, 0.15) is 21.5 Å². The van der Waals surface area contributed by atoms with E-state index in [1.54, 1.807) is 17.0 Å². The van der Waals surface area contributed by atoms with Crippen molar-refractivity contribution in [2.24, 2.45) is 0 Å². The maximum Gasteiger partial charge on any atom is 0.254 e. The van der Waals surface area contributed by atoms with Crippen LogP contribution in [0.4, 0.5) is 8.78 Å². The number of piperazine rings is 1. The van der Waals surface area contributed by atoms with Gasteiger partial charge in [0.25, 0.3) is 5.91 Å². The van der Waals surface area contributed by atoms with Crippen molar-refractivity contribution in [2.45, 2.75) is 11.3 Å². The SMILES string of the molecule is O=C(c1ccccc1Cc1ccccc1)N1CCN(S(=O)(=O)c2cc(F)ccc2F)CC1. The number of halogens is 2. The Morgan fingerprint density at radius 1 is 0.844 bits per heavy atom. The Labute approximate surface area is 186 Å². The van der Waals surface area contributed by atoms with E-state index >= 15 is 0 Å². The molecule has 0 aliphatic carbocycles. The molecule has 0 bridgehead atoms. The topological polar surface area (TPSA) is 57.7 Å². The molecule has 0 saturated carbocycles. The van der Waals surface area contributed by atoms with Crippen LogP contribution >= 0.6 is 0 Å². The van der Waals surface area contributed by atoms with Crippen LogP contribution in [-0.2, 0) is 16.4 Å². The molecule has 3 aromatic rings. The lowest BCUT2D eigenvalue weighted by Gasteiger charge is -2.34. The molecular formula is C24H22F2N2O3S. The van der Waals surface area contributed by atoms with Crippen molar-refractivity contribution in [2.75, 3.05) is 26.2 Å². The molecule has 3 aromatic carbocycles. The number of hydrogen-bond donors (Lipinski definition) is 0. The fourth-order valence-electron chi connectivity index (χ4n) is 3.81. The van der Waals surface area contributed by atoms with Gasteiger partial charge in [0.15, 0.2) is 0 Å². The maximum atomic E-state index is 14.0. The van der Waals surface area contributed by atoms with Crippen LogP contribution in [0.25, 0.3) is 0 Å². The molecule has 8 heteroatoms. The van der Waals surface area contributed by atoms with Gasteiger partial charge in [-0.25, -0.2) is 17.2 Å². The first-order valence-corrected chi connectivity index (χ1v) is 11.7. The van der Waals surface area contributed by atoms with Gasteiger partial charge in [-0.3, -0.25) is 4.79 Å². The average Bonchev–Trinajstić information content (AvgIpc) is 2.81. The molecule has 1 aliphatic rings. The van der Waals surface area contributed by atoms with Gasteiger partial charge in [-0.05, 0) is 41.8 Å². The minimum absolute atomic E-state index is 0.00484. The highest BCUT2D eigenvalue weighted by molar-refractivity contribution is 7.89. The minimum Gasteiger partial charge on any atom is -0.336 e. The van der Waals surface area contributed by atoms with Gasteiger partial charge in [0, 0.05) is 31.7 Å². The quantitative estimate of drug-likeness (QED) is 0.588. The molecule has 1 fully saturated rings. The molecule has 1 heterocycles. The average molecular weight is 457 g/mol. The molecule has 1 saturated heterocycles. The highest BCUT2D eigenvalue weighted by Crippen LogP contribution is 2.23. The van der Waals surface area contributed by atoms with E-state index < -0.39 is 26.6 Å². The summed E-state index contributed by atoms with van der Waals surface area (Å²) in [5, 5.41) is 0. The number of rotatable bonds is 5. The summed E-state index contributed by atoms with van der Waals surface area (Å²) in [5.74, 6) is -2.00. The molecule has 0 unspecified atom stereocenters. The maximum absolute atomic E-state index is 14.0. The van der Waals surface area contributed by atoms with Crippen molar-refractivity contribution in [3.63, 3.8) is 0 Å². The predicted molar refractivity (Wildman–Crippen MR) is 117 cm³/mol. The van der Waals surface area contributed by atoms with E-state index in [1.165, 1.54) is 0 Å². The molecule has 0 radical (unpaired) electrons. The predicted octanol–water partition coefficient (Wildman–Crippen LogP) is 3.70. The Bertz CT molecular complexity index is 1230. The zero-order chi connectivity index (χ0) is 22.7. The molecule has 1 aliphatic heterocycles. The van der Waals surface area contributed by atoms with Gasteiger partial charge in [0.05, 0.1) is 0 Å². The standard InChI is InChI=1S/C24H22F2N2O3S/c25-20-10-11-22(26)23(17-20)32(30,31)28-14-12-27(13-15-28)24(29)21-9-5-4-8-19(21)16-18-6-2-1-3-7-18/h1-11,17H,12-16H2. The molecule has 4 rings (SSSR count). The second-order valence-electron chi connectivity index (χ2n) is 7.59. The van der Waals surface area contributed by atoms with E-state index in [0.29, 0.717) is 18.1 Å². The van der Waals surface area contributed by atoms with Crippen molar-refractivity contribution in [3.8, 4) is 0 Å². The summed E-state index contributed by atoms with van der Waals surface area (Å²) in [6.45, 7) is 0.332. The molecule has 166 valence electrons. The van der Waals surface area contributed by atoms with Crippen molar-refractivity contribution < 1.29 is 22.0 Å². The van der Waals surface area contributed by atoms with Crippen LogP contribution in [-0.4, -0.2) is 49.7 Å². The van der Waals surface area contributed by atoms with Gasteiger partial charge in [-0.1, -0.05) is 48.5 Å². The zero-order valence-corrected chi connectivity index (χ0v) is 18.1. The first-order chi connectivity index (χ1) is 15.4. The Morgan fingerprint density at radius 3 is 2.22 bits per heavy atom. The van der Waals surface area contributed by atoms with Crippen molar-refractivity contribution in [1.29, 1.82) is 0 Å².